The van der Waals surface area contributed by atoms with Crippen molar-refractivity contribution in [2.75, 3.05) is 6.54 Å². The number of aryl methyl sites for hydroxylation is 1. The second-order valence-electron chi connectivity index (χ2n) is 8.56. The van der Waals surface area contributed by atoms with Crippen LogP contribution in [0.4, 0.5) is 0 Å². The topological polar surface area (TPSA) is 58.6 Å². The SMILES string of the molecule is Cc1ccccc1OC(C)(C)C(=O)NCCC1C[C@@H]2CC[C@@](O)(C1)C2. The highest BCUT2D eigenvalue weighted by atomic mass is 16.5. The Balaban J connectivity index is 1.48. The van der Waals surface area contributed by atoms with Crippen LogP contribution in [0.15, 0.2) is 24.3 Å². The van der Waals surface area contributed by atoms with Gasteiger partial charge in [-0.2, -0.15) is 0 Å². The number of rotatable bonds is 6. The van der Waals surface area contributed by atoms with Gasteiger partial charge in [-0.1, -0.05) is 18.2 Å². The van der Waals surface area contributed by atoms with Crippen molar-refractivity contribution in [2.24, 2.45) is 11.8 Å². The molecular formula is C21H31NO3. The number of hydrogen-bond acceptors (Lipinski definition) is 3. The zero-order valence-corrected chi connectivity index (χ0v) is 15.7. The van der Waals surface area contributed by atoms with Crippen LogP contribution >= 0.6 is 0 Å². The summed E-state index contributed by atoms with van der Waals surface area (Å²) in [5.41, 5.74) is -0.310. The lowest BCUT2D eigenvalue weighted by Crippen LogP contribution is -2.47. The summed E-state index contributed by atoms with van der Waals surface area (Å²) < 4.78 is 5.95. The van der Waals surface area contributed by atoms with Crippen molar-refractivity contribution in [1.29, 1.82) is 0 Å². The molecule has 2 aliphatic rings. The highest BCUT2D eigenvalue weighted by molar-refractivity contribution is 5.84. The van der Waals surface area contributed by atoms with Crippen LogP contribution in [-0.4, -0.2) is 28.8 Å². The Bertz CT molecular complexity index is 627. The van der Waals surface area contributed by atoms with E-state index >= 15 is 0 Å². The van der Waals surface area contributed by atoms with E-state index in [1.807, 2.05) is 31.2 Å². The number of ether oxygens (including phenoxy) is 1. The Morgan fingerprint density at radius 3 is 2.84 bits per heavy atom. The van der Waals surface area contributed by atoms with Gasteiger partial charge in [0, 0.05) is 6.54 Å². The van der Waals surface area contributed by atoms with Crippen molar-refractivity contribution in [3.63, 3.8) is 0 Å². The van der Waals surface area contributed by atoms with Gasteiger partial charge in [0.1, 0.15) is 5.75 Å². The van der Waals surface area contributed by atoms with Gasteiger partial charge in [-0.3, -0.25) is 4.79 Å². The fourth-order valence-corrected chi connectivity index (χ4v) is 4.51. The monoisotopic (exact) mass is 345 g/mol. The Morgan fingerprint density at radius 1 is 1.36 bits per heavy atom. The lowest BCUT2D eigenvalue weighted by molar-refractivity contribution is -0.134. The van der Waals surface area contributed by atoms with Crippen molar-refractivity contribution in [3.05, 3.63) is 29.8 Å². The maximum absolute atomic E-state index is 12.5. The van der Waals surface area contributed by atoms with E-state index in [0.29, 0.717) is 18.4 Å². The van der Waals surface area contributed by atoms with Crippen molar-refractivity contribution in [2.45, 2.75) is 70.5 Å². The van der Waals surface area contributed by atoms with E-state index in [4.69, 9.17) is 4.74 Å². The zero-order chi connectivity index (χ0) is 18.1. The number of aliphatic hydroxyl groups is 1. The minimum absolute atomic E-state index is 0.0896. The summed E-state index contributed by atoms with van der Waals surface area (Å²) in [6.45, 7) is 6.23. The van der Waals surface area contributed by atoms with E-state index in [2.05, 4.69) is 5.32 Å². The number of carbonyl (C=O) groups is 1. The highest BCUT2D eigenvalue weighted by Gasteiger charge is 2.44. The lowest BCUT2D eigenvalue weighted by Gasteiger charge is -2.34. The maximum Gasteiger partial charge on any atom is 0.263 e. The van der Waals surface area contributed by atoms with E-state index in [-0.39, 0.29) is 5.91 Å². The second-order valence-corrected chi connectivity index (χ2v) is 8.56. The van der Waals surface area contributed by atoms with Crippen LogP contribution < -0.4 is 10.1 Å². The van der Waals surface area contributed by atoms with Crippen LogP contribution in [0, 0.1) is 18.8 Å². The first-order chi connectivity index (χ1) is 11.8. The Kier molecular flexibility index (Phi) is 5.10. The van der Waals surface area contributed by atoms with Gasteiger partial charge in [0.05, 0.1) is 5.60 Å². The first-order valence-electron chi connectivity index (χ1n) is 9.53. The molecular weight excluding hydrogens is 314 g/mol. The van der Waals surface area contributed by atoms with Crippen LogP contribution in [0.1, 0.15) is 57.9 Å². The summed E-state index contributed by atoms with van der Waals surface area (Å²) in [6, 6.07) is 7.74. The van der Waals surface area contributed by atoms with Crippen molar-refractivity contribution in [1.82, 2.24) is 5.32 Å². The summed E-state index contributed by atoms with van der Waals surface area (Å²) >= 11 is 0. The number of nitrogens with one attached hydrogen (secondary N) is 1. The first kappa shape index (κ1) is 18.2. The normalized spacial score (nSPS) is 28.6. The van der Waals surface area contributed by atoms with E-state index in [1.165, 1.54) is 6.42 Å². The zero-order valence-electron chi connectivity index (χ0n) is 15.7. The largest absolute Gasteiger partial charge is 0.478 e. The third-order valence-corrected chi connectivity index (χ3v) is 5.87. The molecule has 2 fully saturated rings. The van der Waals surface area contributed by atoms with E-state index in [1.54, 1.807) is 13.8 Å². The van der Waals surface area contributed by atoms with Gasteiger partial charge in [0.25, 0.3) is 5.91 Å². The molecule has 25 heavy (non-hydrogen) atoms. The van der Waals surface area contributed by atoms with Crippen LogP contribution in [0.25, 0.3) is 0 Å². The van der Waals surface area contributed by atoms with Gasteiger partial charge >= 0.3 is 0 Å². The van der Waals surface area contributed by atoms with E-state index in [9.17, 15) is 9.90 Å². The van der Waals surface area contributed by atoms with Crippen LogP contribution in [-0.2, 0) is 4.79 Å². The molecule has 1 aromatic carbocycles. The average Bonchev–Trinajstić information content (AvgIpc) is 2.82. The molecule has 0 heterocycles. The summed E-state index contributed by atoms with van der Waals surface area (Å²) in [5, 5.41) is 13.5. The molecule has 2 saturated carbocycles. The van der Waals surface area contributed by atoms with Crippen molar-refractivity contribution < 1.29 is 14.6 Å². The Morgan fingerprint density at radius 2 is 2.12 bits per heavy atom. The molecule has 0 spiro atoms. The lowest BCUT2D eigenvalue weighted by atomic mass is 9.77. The van der Waals surface area contributed by atoms with Crippen molar-refractivity contribution in [3.8, 4) is 5.75 Å². The summed E-state index contributed by atoms with van der Waals surface area (Å²) in [4.78, 5) is 12.5. The molecule has 4 heteroatoms. The smallest absolute Gasteiger partial charge is 0.263 e. The van der Waals surface area contributed by atoms with Gasteiger partial charge in [0.15, 0.2) is 5.60 Å². The molecule has 1 aromatic rings. The molecule has 0 aromatic heterocycles. The fraction of sp³-hybridized carbons (Fsp3) is 0.667. The number of para-hydroxylation sites is 1. The molecule has 1 amide bonds. The predicted molar refractivity (Wildman–Crippen MR) is 98.5 cm³/mol. The molecule has 3 rings (SSSR count). The third kappa shape index (κ3) is 4.35. The molecule has 4 nitrogen and oxygen atoms in total. The molecule has 2 N–H and O–H groups in total. The number of benzene rings is 1. The molecule has 2 bridgehead atoms. The minimum Gasteiger partial charge on any atom is -0.478 e. The predicted octanol–water partition coefficient (Wildman–Crippen LogP) is 3.60. The Hall–Kier alpha value is -1.55. The molecule has 0 radical (unpaired) electrons. The van der Waals surface area contributed by atoms with Gasteiger partial charge in [-0.05, 0) is 82.8 Å². The van der Waals surface area contributed by atoms with Crippen LogP contribution in [0.5, 0.6) is 5.75 Å². The fourth-order valence-electron chi connectivity index (χ4n) is 4.51. The number of fused-ring (bicyclic) bond motifs is 2. The van der Waals surface area contributed by atoms with E-state index < -0.39 is 11.2 Å². The molecule has 138 valence electrons. The molecule has 1 unspecified atom stereocenters. The molecule has 3 atom stereocenters. The molecule has 2 aliphatic carbocycles. The van der Waals surface area contributed by atoms with Gasteiger partial charge in [0.2, 0.25) is 0 Å². The van der Waals surface area contributed by atoms with Crippen LogP contribution in [0.3, 0.4) is 0 Å². The molecule has 0 saturated heterocycles. The van der Waals surface area contributed by atoms with E-state index in [0.717, 1.165) is 43.4 Å². The molecule has 0 aliphatic heterocycles. The van der Waals surface area contributed by atoms with Gasteiger partial charge in [-0.25, -0.2) is 0 Å². The number of carbonyl (C=O) groups excluding carboxylic acids is 1. The summed E-state index contributed by atoms with van der Waals surface area (Å²) in [7, 11) is 0. The second kappa shape index (κ2) is 6.99. The maximum atomic E-state index is 12.5. The summed E-state index contributed by atoms with van der Waals surface area (Å²) in [6.07, 6.45) is 6.12. The Labute approximate surface area is 151 Å². The van der Waals surface area contributed by atoms with Gasteiger partial charge in [-0.15, -0.1) is 0 Å². The number of hydrogen-bond donors (Lipinski definition) is 2. The van der Waals surface area contributed by atoms with Crippen LogP contribution in [0.2, 0.25) is 0 Å². The minimum atomic E-state index is -0.907. The third-order valence-electron chi connectivity index (χ3n) is 5.87. The van der Waals surface area contributed by atoms with Gasteiger partial charge < -0.3 is 15.2 Å². The quantitative estimate of drug-likeness (QED) is 0.828. The highest BCUT2D eigenvalue weighted by Crippen LogP contribution is 2.48. The van der Waals surface area contributed by atoms with Crippen molar-refractivity contribution >= 4 is 5.91 Å². The average molecular weight is 345 g/mol. The standard InChI is InChI=1S/C21H31NO3/c1-15-6-4-5-7-18(15)25-20(2,3)19(23)22-11-9-17-12-16-8-10-21(24,13-16)14-17/h4-7,16-17,24H,8-14H2,1-3H3,(H,22,23)/t16-,17?,21-/m0/s1. The first-order valence-corrected chi connectivity index (χ1v) is 9.53. The summed E-state index contributed by atoms with van der Waals surface area (Å²) in [5.74, 6) is 1.86. The number of amides is 1.